The highest BCUT2D eigenvalue weighted by Gasteiger charge is 2.29. The Labute approximate surface area is 126 Å². The predicted octanol–water partition coefficient (Wildman–Crippen LogP) is 2.81. The minimum absolute atomic E-state index is 0.530. The maximum atomic E-state index is 4.59. The van der Waals surface area contributed by atoms with Crippen molar-refractivity contribution in [1.82, 2.24) is 19.7 Å². The molecule has 4 heteroatoms. The molecule has 3 rings (SSSR count). The standard InChI is InChI=1S/C17H24N4/c1-13-17(14(2)20(3)19-13)16-8-6-11-21(16)12-9-15-7-4-5-10-18-15/h4-5,7,10,16H,6,8-9,11-12H2,1-3H3/t16-/m0/s1. The van der Waals surface area contributed by atoms with Crippen LogP contribution in [0.25, 0.3) is 0 Å². The summed E-state index contributed by atoms with van der Waals surface area (Å²) < 4.78 is 2.01. The van der Waals surface area contributed by atoms with Crippen molar-refractivity contribution in [3.05, 3.63) is 47.0 Å². The van der Waals surface area contributed by atoms with Crippen molar-refractivity contribution in [2.45, 2.75) is 39.2 Å². The molecule has 4 nitrogen and oxygen atoms in total. The van der Waals surface area contributed by atoms with E-state index in [1.165, 1.54) is 42.0 Å². The fourth-order valence-corrected chi connectivity index (χ4v) is 3.50. The number of likely N-dealkylation sites (tertiary alicyclic amines) is 1. The summed E-state index contributed by atoms with van der Waals surface area (Å²) in [6.07, 6.45) is 5.43. The second-order valence-corrected chi connectivity index (χ2v) is 5.97. The van der Waals surface area contributed by atoms with Crippen LogP contribution in [0, 0.1) is 13.8 Å². The van der Waals surface area contributed by atoms with Gasteiger partial charge in [0.2, 0.25) is 0 Å². The third-order valence-electron chi connectivity index (χ3n) is 4.64. The maximum Gasteiger partial charge on any atom is 0.0644 e. The van der Waals surface area contributed by atoms with E-state index in [0.717, 1.165) is 13.0 Å². The average Bonchev–Trinajstić information content (AvgIpc) is 3.03. The van der Waals surface area contributed by atoms with Gasteiger partial charge in [-0.2, -0.15) is 5.10 Å². The molecule has 1 fully saturated rings. The fraction of sp³-hybridized carbons (Fsp3) is 0.529. The molecule has 0 bridgehead atoms. The van der Waals surface area contributed by atoms with Gasteiger partial charge in [-0.1, -0.05) is 6.07 Å². The Morgan fingerprint density at radius 2 is 2.14 bits per heavy atom. The van der Waals surface area contributed by atoms with Crippen LogP contribution in [0.3, 0.4) is 0 Å². The molecule has 0 N–H and O–H groups in total. The molecule has 0 aromatic carbocycles. The molecule has 0 spiro atoms. The SMILES string of the molecule is Cc1nn(C)c(C)c1[C@@H]1CCCN1CCc1ccccn1. The van der Waals surface area contributed by atoms with E-state index < -0.39 is 0 Å². The van der Waals surface area contributed by atoms with Crippen LogP contribution in [0.15, 0.2) is 24.4 Å². The molecule has 0 radical (unpaired) electrons. The minimum atomic E-state index is 0.530. The summed E-state index contributed by atoms with van der Waals surface area (Å²) in [6, 6.07) is 6.69. The first-order valence-corrected chi connectivity index (χ1v) is 7.81. The van der Waals surface area contributed by atoms with E-state index in [0.29, 0.717) is 6.04 Å². The largest absolute Gasteiger partial charge is 0.296 e. The second-order valence-electron chi connectivity index (χ2n) is 5.97. The minimum Gasteiger partial charge on any atom is -0.296 e. The van der Waals surface area contributed by atoms with Gasteiger partial charge in [-0.15, -0.1) is 0 Å². The zero-order valence-corrected chi connectivity index (χ0v) is 13.2. The van der Waals surface area contributed by atoms with Gasteiger partial charge in [0, 0.05) is 49.2 Å². The van der Waals surface area contributed by atoms with Crippen molar-refractivity contribution >= 4 is 0 Å². The third kappa shape index (κ3) is 2.86. The van der Waals surface area contributed by atoms with Gasteiger partial charge in [-0.05, 0) is 45.4 Å². The molecule has 2 aromatic heterocycles. The van der Waals surface area contributed by atoms with Crippen LogP contribution in [-0.4, -0.2) is 32.8 Å². The summed E-state index contributed by atoms with van der Waals surface area (Å²) >= 11 is 0. The summed E-state index contributed by atoms with van der Waals surface area (Å²) in [5, 5.41) is 4.59. The van der Waals surface area contributed by atoms with Gasteiger partial charge >= 0.3 is 0 Å². The van der Waals surface area contributed by atoms with Crippen LogP contribution in [0.1, 0.15) is 41.5 Å². The average molecular weight is 284 g/mol. The third-order valence-corrected chi connectivity index (χ3v) is 4.64. The summed E-state index contributed by atoms with van der Waals surface area (Å²) in [6.45, 7) is 6.59. The van der Waals surface area contributed by atoms with Crippen LogP contribution in [-0.2, 0) is 13.5 Å². The molecule has 2 aromatic rings. The van der Waals surface area contributed by atoms with Crippen molar-refractivity contribution in [2.75, 3.05) is 13.1 Å². The Morgan fingerprint density at radius 3 is 2.81 bits per heavy atom. The Hall–Kier alpha value is -1.68. The van der Waals surface area contributed by atoms with Crippen molar-refractivity contribution in [3.8, 4) is 0 Å². The lowest BCUT2D eigenvalue weighted by molar-refractivity contribution is 0.258. The summed E-state index contributed by atoms with van der Waals surface area (Å²) in [5.41, 5.74) is 5.12. The van der Waals surface area contributed by atoms with E-state index in [1.54, 1.807) is 0 Å². The molecule has 1 saturated heterocycles. The molecule has 1 aliphatic heterocycles. The molecular formula is C17H24N4. The van der Waals surface area contributed by atoms with E-state index in [4.69, 9.17) is 0 Å². The van der Waals surface area contributed by atoms with E-state index in [9.17, 15) is 0 Å². The van der Waals surface area contributed by atoms with Crippen molar-refractivity contribution in [3.63, 3.8) is 0 Å². The van der Waals surface area contributed by atoms with Gasteiger partial charge in [0.25, 0.3) is 0 Å². The zero-order valence-electron chi connectivity index (χ0n) is 13.2. The van der Waals surface area contributed by atoms with Crippen molar-refractivity contribution < 1.29 is 0 Å². The number of rotatable bonds is 4. The maximum absolute atomic E-state index is 4.59. The summed E-state index contributed by atoms with van der Waals surface area (Å²) in [4.78, 5) is 7.04. The van der Waals surface area contributed by atoms with Gasteiger partial charge in [0.05, 0.1) is 5.69 Å². The molecule has 1 aliphatic rings. The molecule has 0 amide bonds. The summed E-state index contributed by atoms with van der Waals surface area (Å²) in [5.74, 6) is 0. The van der Waals surface area contributed by atoms with Crippen LogP contribution < -0.4 is 0 Å². The molecule has 112 valence electrons. The highest BCUT2D eigenvalue weighted by atomic mass is 15.3. The number of hydrogen-bond donors (Lipinski definition) is 0. The van der Waals surface area contributed by atoms with Crippen LogP contribution in [0.4, 0.5) is 0 Å². The zero-order chi connectivity index (χ0) is 14.8. The van der Waals surface area contributed by atoms with Crippen molar-refractivity contribution in [1.29, 1.82) is 0 Å². The van der Waals surface area contributed by atoms with Gasteiger partial charge in [0.15, 0.2) is 0 Å². The highest BCUT2D eigenvalue weighted by Crippen LogP contribution is 2.35. The normalized spacial score (nSPS) is 19.3. The van der Waals surface area contributed by atoms with Gasteiger partial charge in [0.1, 0.15) is 0 Å². The van der Waals surface area contributed by atoms with Crippen LogP contribution >= 0.6 is 0 Å². The number of hydrogen-bond acceptors (Lipinski definition) is 3. The smallest absolute Gasteiger partial charge is 0.0644 e. The Kier molecular flexibility index (Phi) is 4.06. The monoisotopic (exact) mass is 284 g/mol. The molecule has 0 saturated carbocycles. The number of aryl methyl sites for hydroxylation is 2. The first-order chi connectivity index (χ1) is 10.2. The Bertz CT molecular complexity index is 603. The lowest BCUT2D eigenvalue weighted by atomic mass is 10.0. The van der Waals surface area contributed by atoms with Gasteiger partial charge < -0.3 is 0 Å². The van der Waals surface area contributed by atoms with Gasteiger partial charge in [-0.25, -0.2) is 0 Å². The van der Waals surface area contributed by atoms with Crippen molar-refractivity contribution in [2.24, 2.45) is 7.05 Å². The van der Waals surface area contributed by atoms with E-state index in [2.05, 4.69) is 41.0 Å². The van der Waals surface area contributed by atoms with Crippen LogP contribution in [0.2, 0.25) is 0 Å². The van der Waals surface area contributed by atoms with Crippen LogP contribution in [0.5, 0.6) is 0 Å². The predicted molar refractivity (Wildman–Crippen MR) is 84.2 cm³/mol. The number of pyridine rings is 1. The molecular weight excluding hydrogens is 260 g/mol. The number of nitrogens with zero attached hydrogens (tertiary/aromatic N) is 4. The molecule has 0 unspecified atom stereocenters. The van der Waals surface area contributed by atoms with Gasteiger partial charge in [-0.3, -0.25) is 14.6 Å². The lowest BCUT2D eigenvalue weighted by Crippen LogP contribution is -2.26. The van der Waals surface area contributed by atoms with E-state index in [1.807, 2.05) is 24.0 Å². The molecule has 1 atom stereocenters. The summed E-state index contributed by atoms with van der Waals surface area (Å²) in [7, 11) is 2.04. The number of aromatic nitrogens is 3. The topological polar surface area (TPSA) is 34.0 Å². The van der Waals surface area contributed by atoms with E-state index in [-0.39, 0.29) is 0 Å². The Morgan fingerprint density at radius 1 is 1.29 bits per heavy atom. The first-order valence-electron chi connectivity index (χ1n) is 7.81. The molecule has 21 heavy (non-hydrogen) atoms. The highest BCUT2D eigenvalue weighted by molar-refractivity contribution is 5.29. The van der Waals surface area contributed by atoms with E-state index >= 15 is 0 Å². The fourth-order valence-electron chi connectivity index (χ4n) is 3.50. The quantitative estimate of drug-likeness (QED) is 0.866. The first kappa shape index (κ1) is 14.3. The second kappa shape index (κ2) is 5.98. The molecule has 3 heterocycles. The lowest BCUT2D eigenvalue weighted by Gasteiger charge is -2.25. The Balaban J connectivity index is 1.73. The molecule has 0 aliphatic carbocycles.